The normalized spacial score (nSPS) is 11.9. The molecule has 1 rings (SSSR count). The van der Waals surface area contributed by atoms with Crippen LogP contribution in [0.25, 0.3) is 0 Å². The van der Waals surface area contributed by atoms with Gasteiger partial charge in [0.05, 0.1) is 0 Å². The number of hydrogen-bond acceptors (Lipinski definition) is 2. The van der Waals surface area contributed by atoms with Crippen LogP contribution in [0, 0.1) is 6.33 Å². The monoisotopic (exact) mass is 124 g/mol. The third kappa shape index (κ3) is 1.28. The second-order valence-corrected chi connectivity index (χ2v) is 3.03. The molecule has 0 unspecified atom stereocenters. The van der Waals surface area contributed by atoms with Crippen LogP contribution in [0.2, 0.25) is 0 Å². The summed E-state index contributed by atoms with van der Waals surface area (Å²) in [4.78, 5) is 3.90. The lowest BCUT2D eigenvalue weighted by atomic mass is 9.96. The van der Waals surface area contributed by atoms with E-state index in [2.05, 4.69) is 42.3 Å². The van der Waals surface area contributed by atoms with Crippen molar-refractivity contribution in [3.8, 4) is 0 Å². The zero-order valence-corrected chi connectivity index (χ0v) is 5.89. The first-order valence-corrected chi connectivity index (χ1v) is 2.89. The first-order valence-electron chi connectivity index (χ1n) is 2.89. The van der Waals surface area contributed by atoms with Gasteiger partial charge in [-0.05, 0) is 0 Å². The largest absolute Gasteiger partial charge is 0.262 e. The topological polar surface area (TPSA) is 41.6 Å². The Morgan fingerprint density at radius 2 is 2.11 bits per heavy atom. The summed E-state index contributed by atoms with van der Waals surface area (Å²) in [7, 11) is 0. The van der Waals surface area contributed by atoms with Gasteiger partial charge in [0, 0.05) is 5.41 Å². The number of aromatic nitrogens is 3. The Morgan fingerprint density at radius 1 is 1.44 bits per heavy atom. The van der Waals surface area contributed by atoms with Gasteiger partial charge in [0.15, 0.2) is 0 Å². The van der Waals surface area contributed by atoms with Gasteiger partial charge >= 0.3 is 0 Å². The predicted octanol–water partition coefficient (Wildman–Crippen LogP) is 0.902. The fourth-order valence-corrected chi connectivity index (χ4v) is 0.513. The number of nitrogens with one attached hydrogen (secondary N) is 1. The number of nitrogens with zero attached hydrogens (tertiary/aromatic N) is 2. The molecule has 0 atom stereocenters. The molecule has 49 valence electrons. The zero-order chi connectivity index (χ0) is 6.91. The molecule has 0 saturated carbocycles. The van der Waals surface area contributed by atoms with E-state index in [1.54, 1.807) is 0 Å². The molecule has 1 heterocycles. The number of hydrogen-bond donors (Lipinski definition) is 1. The average molecular weight is 124 g/mol. The molecule has 0 aliphatic carbocycles. The van der Waals surface area contributed by atoms with Crippen molar-refractivity contribution in [3.63, 3.8) is 0 Å². The average Bonchev–Trinajstić information content (AvgIpc) is 2.08. The second-order valence-electron chi connectivity index (χ2n) is 3.03. The maximum atomic E-state index is 3.90. The van der Waals surface area contributed by atoms with Crippen LogP contribution in [0.5, 0.6) is 0 Å². The molecule has 0 amide bonds. The number of rotatable bonds is 0. The second kappa shape index (κ2) is 1.83. The molecule has 0 bridgehead atoms. The van der Waals surface area contributed by atoms with Gasteiger partial charge in [-0.25, -0.2) is 4.98 Å². The van der Waals surface area contributed by atoms with Gasteiger partial charge in [-0.15, -0.1) is 5.10 Å². The van der Waals surface area contributed by atoms with E-state index in [0.29, 0.717) is 0 Å². The highest BCUT2D eigenvalue weighted by molar-refractivity contribution is 4.96. The maximum absolute atomic E-state index is 3.90. The summed E-state index contributed by atoms with van der Waals surface area (Å²) in [5.74, 6) is 0.877. The van der Waals surface area contributed by atoms with Crippen molar-refractivity contribution in [2.24, 2.45) is 0 Å². The highest BCUT2D eigenvalue weighted by atomic mass is 15.2. The smallest absolute Gasteiger partial charge is 0.220 e. The van der Waals surface area contributed by atoms with Gasteiger partial charge in [-0.1, -0.05) is 20.8 Å². The summed E-state index contributed by atoms with van der Waals surface area (Å²) in [6, 6.07) is 0. The SMILES string of the molecule is CC(C)(C)c1n[c]n[nH]1. The first kappa shape index (κ1) is 6.26. The molecule has 0 spiro atoms. The lowest BCUT2D eigenvalue weighted by molar-refractivity contribution is 0.548. The molecule has 0 saturated heterocycles. The molecule has 1 aromatic heterocycles. The van der Waals surface area contributed by atoms with Crippen LogP contribution in [0.3, 0.4) is 0 Å². The van der Waals surface area contributed by atoms with Gasteiger partial charge in [0.1, 0.15) is 5.82 Å². The molecule has 1 aromatic rings. The van der Waals surface area contributed by atoms with Crippen molar-refractivity contribution in [2.75, 3.05) is 0 Å². The third-order valence-electron chi connectivity index (χ3n) is 1.08. The molecule has 0 aliphatic heterocycles. The lowest BCUT2D eigenvalue weighted by Gasteiger charge is -2.12. The van der Waals surface area contributed by atoms with E-state index in [4.69, 9.17) is 0 Å². The van der Waals surface area contributed by atoms with Crippen LogP contribution < -0.4 is 0 Å². The minimum atomic E-state index is 0.0625. The molecule has 1 N–H and O–H groups in total. The standard InChI is InChI=1S/C6H10N3/c1-6(2,3)5-7-4-8-9-5/h1-3H3,(H,7,8,9). The van der Waals surface area contributed by atoms with Gasteiger partial charge in [-0.3, -0.25) is 5.10 Å². The minimum Gasteiger partial charge on any atom is -0.262 e. The van der Waals surface area contributed by atoms with E-state index >= 15 is 0 Å². The first-order chi connectivity index (χ1) is 4.11. The zero-order valence-electron chi connectivity index (χ0n) is 5.89. The fourth-order valence-electron chi connectivity index (χ4n) is 0.513. The summed E-state index contributed by atoms with van der Waals surface area (Å²) >= 11 is 0. The van der Waals surface area contributed by atoms with Gasteiger partial charge in [0.2, 0.25) is 6.33 Å². The van der Waals surface area contributed by atoms with E-state index in [9.17, 15) is 0 Å². The Kier molecular flexibility index (Phi) is 1.27. The summed E-state index contributed by atoms with van der Waals surface area (Å²) in [6.07, 6.45) is 2.48. The Bertz CT molecular complexity index is 171. The minimum absolute atomic E-state index is 0.0625. The highest BCUT2D eigenvalue weighted by Crippen LogP contribution is 2.15. The van der Waals surface area contributed by atoms with Crippen LogP contribution in [-0.4, -0.2) is 15.2 Å². The molecule has 3 heteroatoms. The Balaban J connectivity index is 2.90. The van der Waals surface area contributed by atoms with Gasteiger partial charge < -0.3 is 0 Å². The maximum Gasteiger partial charge on any atom is 0.220 e. The summed E-state index contributed by atoms with van der Waals surface area (Å²) < 4.78 is 0. The third-order valence-corrected chi connectivity index (χ3v) is 1.08. The Hall–Kier alpha value is -0.860. The van der Waals surface area contributed by atoms with Crippen LogP contribution in [0.4, 0.5) is 0 Å². The van der Waals surface area contributed by atoms with Crippen LogP contribution in [0.15, 0.2) is 0 Å². The van der Waals surface area contributed by atoms with Crippen molar-refractivity contribution in [3.05, 3.63) is 12.2 Å². The van der Waals surface area contributed by atoms with E-state index in [0.717, 1.165) is 5.82 Å². The van der Waals surface area contributed by atoms with Crippen molar-refractivity contribution in [2.45, 2.75) is 26.2 Å². The predicted molar refractivity (Wildman–Crippen MR) is 33.9 cm³/mol. The lowest BCUT2D eigenvalue weighted by Crippen LogP contribution is -2.13. The molecule has 0 aliphatic rings. The molecular formula is C6H10N3. The van der Waals surface area contributed by atoms with Crippen LogP contribution in [-0.2, 0) is 5.41 Å². The molecule has 0 fully saturated rings. The Morgan fingerprint density at radius 3 is 2.33 bits per heavy atom. The quantitative estimate of drug-likeness (QED) is 0.558. The van der Waals surface area contributed by atoms with E-state index in [-0.39, 0.29) is 5.41 Å². The molecule has 1 radical (unpaired) electrons. The van der Waals surface area contributed by atoms with Crippen molar-refractivity contribution in [1.29, 1.82) is 0 Å². The summed E-state index contributed by atoms with van der Waals surface area (Å²) in [6.45, 7) is 6.21. The van der Waals surface area contributed by atoms with E-state index < -0.39 is 0 Å². The van der Waals surface area contributed by atoms with Gasteiger partial charge in [-0.2, -0.15) is 0 Å². The molecule has 3 nitrogen and oxygen atoms in total. The van der Waals surface area contributed by atoms with Crippen molar-refractivity contribution in [1.82, 2.24) is 15.2 Å². The van der Waals surface area contributed by atoms with Crippen LogP contribution >= 0.6 is 0 Å². The van der Waals surface area contributed by atoms with Gasteiger partial charge in [0.25, 0.3) is 0 Å². The summed E-state index contributed by atoms with van der Waals surface area (Å²) in [5.41, 5.74) is 0.0625. The van der Waals surface area contributed by atoms with Crippen LogP contribution in [0.1, 0.15) is 26.6 Å². The highest BCUT2D eigenvalue weighted by Gasteiger charge is 2.15. The van der Waals surface area contributed by atoms with Crippen molar-refractivity contribution >= 4 is 0 Å². The fraction of sp³-hybridized carbons (Fsp3) is 0.667. The number of aromatic amines is 1. The van der Waals surface area contributed by atoms with E-state index in [1.807, 2.05) is 0 Å². The Labute approximate surface area is 54.5 Å². The number of H-pyrrole nitrogens is 1. The summed E-state index contributed by atoms with van der Waals surface area (Å²) in [5, 5.41) is 6.39. The van der Waals surface area contributed by atoms with Crippen molar-refractivity contribution < 1.29 is 0 Å². The van der Waals surface area contributed by atoms with E-state index in [1.165, 1.54) is 0 Å². The molecule has 9 heavy (non-hydrogen) atoms. The molecule has 0 aromatic carbocycles. The molecular weight excluding hydrogens is 114 g/mol.